The number of nitro benzene ring substituents is 1. The van der Waals surface area contributed by atoms with E-state index in [4.69, 9.17) is 4.74 Å². The first-order chi connectivity index (χ1) is 11.3. The molecule has 0 aliphatic heterocycles. The molecule has 7 nitrogen and oxygen atoms in total. The van der Waals surface area contributed by atoms with Gasteiger partial charge in [-0.3, -0.25) is 14.9 Å². The van der Waals surface area contributed by atoms with Gasteiger partial charge < -0.3 is 9.72 Å². The van der Waals surface area contributed by atoms with Gasteiger partial charge >= 0.3 is 0 Å². The second kappa shape index (κ2) is 7.57. The number of hydrogen-bond acceptors (Lipinski definition) is 5. The second-order valence-corrected chi connectivity index (χ2v) is 6.35. The molecule has 1 N–H and O–H groups in total. The van der Waals surface area contributed by atoms with Gasteiger partial charge in [-0.1, -0.05) is 20.8 Å². The lowest BCUT2D eigenvalue weighted by Crippen LogP contribution is -2.15. The van der Waals surface area contributed by atoms with E-state index >= 15 is 0 Å². The molecule has 2 aromatic rings. The molecule has 0 atom stereocenters. The third-order valence-corrected chi connectivity index (χ3v) is 4.09. The zero-order chi connectivity index (χ0) is 17.9. The van der Waals surface area contributed by atoms with Crippen LogP contribution in [-0.4, -0.2) is 21.5 Å². The minimum Gasteiger partial charge on any atom is -0.493 e. The lowest BCUT2D eigenvalue weighted by molar-refractivity contribution is -0.384. The van der Waals surface area contributed by atoms with E-state index in [9.17, 15) is 14.9 Å². The monoisotopic (exact) mass is 395 g/mol. The summed E-state index contributed by atoms with van der Waals surface area (Å²) in [7, 11) is 0. The molecule has 0 saturated heterocycles. The largest absolute Gasteiger partial charge is 0.493 e. The van der Waals surface area contributed by atoms with Crippen molar-refractivity contribution >= 4 is 21.6 Å². The first-order valence-corrected chi connectivity index (χ1v) is 8.35. The van der Waals surface area contributed by atoms with E-state index in [0.717, 1.165) is 6.42 Å². The second-order valence-electron chi connectivity index (χ2n) is 5.55. The molecule has 0 aliphatic rings. The van der Waals surface area contributed by atoms with Crippen molar-refractivity contribution in [2.24, 2.45) is 0 Å². The molecule has 0 aliphatic carbocycles. The van der Waals surface area contributed by atoms with Crippen molar-refractivity contribution in [3.05, 3.63) is 48.8 Å². The lowest BCUT2D eigenvalue weighted by atomic mass is 10.1. The van der Waals surface area contributed by atoms with E-state index in [1.165, 1.54) is 18.2 Å². The van der Waals surface area contributed by atoms with Gasteiger partial charge in [0.25, 0.3) is 11.2 Å². The number of non-ortho nitro benzene ring substituents is 1. The molecule has 1 aromatic carbocycles. The van der Waals surface area contributed by atoms with Gasteiger partial charge in [-0.2, -0.15) is 0 Å². The highest BCUT2D eigenvalue weighted by Crippen LogP contribution is 2.32. The van der Waals surface area contributed by atoms with Crippen LogP contribution in [0.1, 0.15) is 38.8 Å². The Bertz CT molecular complexity index is 817. The summed E-state index contributed by atoms with van der Waals surface area (Å²) in [5.41, 5.74) is 0.549. The van der Waals surface area contributed by atoms with Crippen LogP contribution >= 0.6 is 15.9 Å². The predicted molar refractivity (Wildman–Crippen MR) is 94.5 cm³/mol. The Labute approximate surface area is 147 Å². The summed E-state index contributed by atoms with van der Waals surface area (Å²) < 4.78 is 6.01. The van der Waals surface area contributed by atoms with Crippen molar-refractivity contribution in [1.82, 2.24) is 9.97 Å². The van der Waals surface area contributed by atoms with Crippen molar-refractivity contribution in [2.45, 2.75) is 33.1 Å². The van der Waals surface area contributed by atoms with E-state index < -0.39 is 4.92 Å². The Morgan fingerprint density at radius 3 is 2.71 bits per heavy atom. The minimum atomic E-state index is -0.493. The molecule has 0 amide bonds. The molecule has 0 bridgehead atoms. The van der Waals surface area contributed by atoms with E-state index in [0.29, 0.717) is 28.1 Å². The summed E-state index contributed by atoms with van der Waals surface area (Å²) in [6.07, 6.45) is 0.790. The molecule has 8 heteroatoms. The van der Waals surface area contributed by atoms with Gasteiger partial charge in [0.2, 0.25) is 0 Å². The van der Waals surface area contributed by atoms with E-state index in [1.807, 2.05) is 20.8 Å². The number of nitrogens with zero attached hydrogens (tertiary/aromatic N) is 2. The molecular weight excluding hydrogens is 378 g/mol. The number of rotatable bonds is 6. The summed E-state index contributed by atoms with van der Waals surface area (Å²) in [5.74, 6) is 0.712. The van der Waals surface area contributed by atoms with Crippen LogP contribution in [0.5, 0.6) is 5.75 Å². The predicted octanol–water partition coefficient (Wildman–Crippen LogP) is 4.02. The molecule has 0 radical (unpaired) electrons. The van der Waals surface area contributed by atoms with Crippen molar-refractivity contribution in [3.8, 4) is 17.1 Å². The van der Waals surface area contributed by atoms with Gasteiger partial charge in [-0.05, 0) is 34.3 Å². The van der Waals surface area contributed by atoms with Crippen molar-refractivity contribution < 1.29 is 9.66 Å². The third-order valence-electron chi connectivity index (χ3n) is 3.33. The summed E-state index contributed by atoms with van der Waals surface area (Å²) >= 11 is 3.24. The van der Waals surface area contributed by atoms with Crippen LogP contribution in [0.4, 0.5) is 5.69 Å². The van der Waals surface area contributed by atoms with E-state index in [2.05, 4.69) is 25.9 Å². The molecule has 0 unspecified atom stereocenters. The first kappa shape index (κ1) is 18.1. The Morgan fingerprint density at radius 2 is 2.12 bits per heavy atom. The fourth-order valence-corrected chi connectivity index (χ4v) is 2.79. The number of hydrogen-bond donors (Lipinski definition) is 1. The van der Waals surface area contributed by atoms with Gasteiger partial charge in [0.15, 0.2) is 0 Å². The van der Waals surface area contributed by atoms with Crippen molar-refractivity contribution in [1.29, 1.82) is 0 Å². The Balaban J connectivity index is 2.67. The Kier molecular flexibility index (Phi) is 5.71. The highest BCUT2D eigenvalue weighted by atomic mass is 79.9. The standard InChI is InChI=1S/C16H18BrN3O4/c1-4-7-24-12-6-5-10(20(22)23)8-11(12)15-18-14(9(2)3)13(17)16(21)19-15/h5-6,8-9H,4,7H2,1-3H3,(H,18,19,21). The number of nitrogens with one attached hydrogen (secondary N) is 1. The van der Waals surface area contributed by atoms with Crippen LogP contribution in [0.15, 0.2) is 27.5 Å². The van der Waals surface area contributed by atoms with Crippen LogP contribution in [0.3, 0.4) is 0 Å². The zero-order valence-electron chi connectivity index (χ0n) is 13.6. The molecule has 0 fully saturated rings. The smallest absolute Gasteiger partial charge is 0.270 e. The SMILES string of the molecule is CCCOc1ccc([N+](=O)[O-])cc1-c1nc(C(C)C)c(Br)c(=O)[nH]1. The lowest BCUT2D eigenvalue weighted by Gasteiger charge is -2.13. The highest BCUT2D eigenvalue weighted by molar-refractivity contribution is 9.10. The van der Waals surface area contributed by atoms with Crippen LogP contribution in [0.25, 0.3) is 11.4 Å². The van der Waals surface area contributed by atoms with Crippen LogP contribution in [0.2, 0.25) is 0 Å². The normalized spacial score (nSPS) is 10.9. The molecule has 2 rings (SSSR count). The summed E-state index contributed by atoms with van der Waals surface area (Å²) in [5, 5.41) is 11.1. The maximum absolute atomic E-state index is 12.2. The Morgan fingerprint density at radius 1 is 1.42 bits per heavy atom. The van der Waals surface area contributed by atoms with Crippen molar-refractivity contribution in [2.75, 3.05) is 6.61 Å². The fourth-order valence-electron chi connectivity index (χ4n) is 2.14. The number of benzene rings is 1. The molecular formula is C16H18BrN3O4. The van der Waals surface area contributed by atoms with Gasteiger partial charge in [-0.25, -0.2) is 4.98 Å². The quantitative estimate of drug-likeness (QED) is 0.588. The number of aromatic amines is 1. The summed E-state index contributed by atoms with van der Waals surface area (Å²) in [4.78, 5) is 29.9. The molecule has 0 spiro atoms. The molecule has 24 heavy (non-hydrogen) atoms. The average molecular weight is 396 g/mol. The summed E-state index contributed by atoms with van der Waals surface area (Å²) in [6.45, 7) is 6.25. The number of ether oxygens (including phenoxy) is 1. The molecule has 1 aromatic heterocycles. The number of aromatic nitrogens is 2. The van der Waals surface area contributed by atoms with Gasteiger partial charge in [0.1, 0.15) is 16.0 Å². The van der Waals surface area contributed by atoms with Gasteiger partial charge in [-0.15, -0.1) is 0 Å². The molecule has 1 heterocycles. The average Bonchev–Trinajstić information content (AvgIpc) is 2.54. The minimum absolute atomic E-state index is 0.0131. The number of H-pyrrole nitrogens is 1. The van der Waals surface area contributed by atoms with Gasteiger partial charge in [0.05, 0.1) is 22.8 Å². The zero-order valence-corrected chi connectivity index (χ0v) is 15.2. The molecule has 128 valence electrons. The van der Waals surface area contributed by atoms with E-state index in [1.54, 1.807) is 0 Å². The number of nitro groups is 1. The fraction of sp³-hybridized carbons (Fsp3) is 0.375. The third kappa shape index (κ3) is 3.81. The maximum atomic E-state index is 12.2. The van der Waals surface area contributed by atoms with Crippen LogP contribution in [-0.2, 0) is 0 Å². The Hall–Kier alpha value is -2.22. The van der Waals surface area contributed by atoms with Crippen molar-refractivity contribution in [3.63, 3.8) is 0 Å². The molecule has 0 saturated carbocycles. The maximum Gasteiger partial charge on any atom is 0.270 e. The van der Waals surface area contributed by atoms with Gasteiger partial charge in [0, 0.05) is 12.1 Å². The topological polar surface area (TPSA) is 98.1 Å². The van der Waals surface area contributed by atoms with E-state index in [-0.39, 0.29) is 23.0 Å². The highest BCUT2D eigenvalue weighted by Gasteiger charge is 2.18. The van der Waals surface area contributed by atoms with Crippen LogP contribution < -0.4 is 10.3 Å². The summed E-state index contributed by atoms with van der Waals surface area (Å²) in [6, 6.07) is 4.26. The first-order valence-electron chi connectivity index (χ1n) is 7.56. The van der Waals surface area contributed by atoms with Crippen LogP contribution in [0, 0.1) is 10.1 Å². The number of halogens is 1.